The maximum absolute atomic E-state index is 12.6. The topological polar surface area (TPSA) is 49.6 Å². The molecule has 0 radical (unpaired) electrons. The van der Waals surface area contributed by atoms with Gasteiger partial charge in [-0.3, -0.25) is 9.69 Å². The van der Waals surface area contributed by atoms with Crippen LogP contribution in [0.2, 0.25) is 0 Å². The van der Waals surface area contributed by atoms with E-state index in [-0.39, 0.29) is 5.41 Å². The summed E-state index contributed by atoms with van der Waals surface area (Å²) in [7, 11) is 0. The lowest BCUT2D eigenvalue weighted by Gasteiger charge is -2.39. The minimum atomic E-state index is 0.114. The molecular formula is C16H29N3O. The van der Waals surface area contributed by atoms with Gasteiger partial charge in [0, 0.05) is 38.6 Å². The quantitative estimate of drug-likeness (QED) is 0.850. The molecule has 1 aliphatic heterocycles. The van der Waals surface area contributed by atoms with Crippen molar-refractivity contribution < 1.29 is 4.79 Å². The van der Waals surface area contributed by atoms with Gasteiger partial charge in [0.15, 0.2) is 0 Å². The second kappa shape index (κ2) is 6.02. The first-order valence-corrected chi connectivity index (χ1v) is 8.44. The molecule has 3 rings (SSSR count). The molecule has 0 aromatic heterocycles. The second-order valence-corrected chi connectivity index (χ2v) is 7.09. The van der Waals surface area contributed by atoms with Crippen LogP contribution < -0.4 is 5.73 Å². The molecular weight excluding hydrogens is 250 g/mol. The van der Waals surface area contributed by atoms with Crippen LogP contribution in [-0.4, -0.2) is 54.5 Å². The monoisotopic (exact) mass is 279 g/mol. The summed E-state index contributed by atoms with van der Waals surface area (Å²) in [6.45, 7) is 4.69. The van der Waals surface area contributed by atoms with E-state index in [9.17, 15) is 4.79 Å². The Morgan fingerprint density at radius 2 is 1.70 bits per heavy atom. The first-order chi connectivity index (χ1) is 9.72. The summed E-state index contributed by atoms with van der Waals surface area (Å²) >= 11 is 0. The number of nitrogens with zero attached hydrogens (tertiary/aromatic N) is 2. The van der Waals surface area contributed by atoms with Gasteiger partial charge in [0.25, 0.3) is 0 Å². The van der Waals surface area contributed by atoms with Crippen LogP contribution in [0.5, 0.6) is 0 Å². The Morgan fingerprint density at radius 3 is 2.25 bits per heavy atom. The maximum Gasteiger partial charge on any atom is 0.223 e. The minimum absolute atomic E-state index is 0.114. The minimum Gasteiger partial charge on any atom is -0.340 e. The Bertz CT molecular complexity index is 340. The van der Waals surface area contributed by atoms with Crippen molar-refractivity contribution in [3.63, 3.8) is 0 Å². The van der Waals surface area contributed by atoms with Crippen LogP contribution in [0.1, 0.15) is 51.4 Å². The SMILES string of the molecule is NCC1(CC(=O)N2CCN(C3CC3)CC2)CCCCC1. The molecule has 0 atom stereocenters. The number of piperazine rings is 1. The molecule has 2 N–H and O–H groups in total. The lowest BCUT2D eigenvalue weighted by molar-refractivity contribution is -0.136. The van der Waals surface area contributed by atoms with Crippen molar-refractivity contribution in [2.75, 3.05) is 32.7 Å². The van der Waals surface area contributed by atoms with Crippen molar-refractivity contribution in [1.82, 2.24) is 9.80 Å². The fourth-order valence-electron chi connectivity index (χ4n) is 3.96. The summed E-state index contributed by atoms with van der Waals surface area (Å²) in [5.74, 6) is 0.354. The van der Waals surface area contributed by atoms with Gasteiger partial charge in [0.1, 0.15) is 0 Å². The van der Waals surface area contributed by atoms with Crippen LogP contribution >= 0.6 is 0 Å². The van der Waals surface area contributed by atoms with Crippen molar-refractivity contribution in [1.29, 1.82) is 0 Å². The van der Waals surface area contributed by atoms with E-state index in [1.807, 2.05) is 0 Å². The number of nitrogens with two attached hydrogens (primary N) is 1. The zero-order valence-corrected chi connectivity index (χ0v) is 12.6. The summed E-state index contributed by atoms with van der Waals surface area (Å²) in [6, 6.07) is 0.834. The van der Waals surface area contributed by atoms with Gasteiger partial charge in [-0.15, -0.1) is 0 Å². The molecule has 20 heavy (non-hydrogen) atoms. The summed E-state index contributed by atoms with van der Waals surface area (Å²) < 4.78 is 0. The van der Waals surface area contributed by atoms with Crippen LogP contribution in [0.15, 0.2) is 0 Å². The van der Waals surface area contributed by atoms with Crippen molar-refractivity contribution in [2.45, 2.75) is 57.4 Å². The Morgan fingerprint density at radius 1 is 1.05 bits per heavy atom. The number of carbonyl (C=O) groups excluding carboxylic acids is 1. The fraction of sp³-hybridized carbons (Fsp3) is 0.938. The molecule has 1 saturated heterocycles. The molecule has 0 bridgehead atoms. The van der Waals surface area contributed by atoms with Gasteiger partial charge in [-0.25, -0.2) is 0 Å². The standard InChI is InChI=1S/C16H29N3O/c17-13-16(6-2-1-3-7-16)12-15(20)19-10-8-18(9-11-19)14-4-5-14/h14H,1-13,17H2. The Balaban J connectivity index is 1.50. The summed E-state index contributed by atoms with van der Waals surface area (Å²) in [5.41, 5.74) is 6.12. The van der Waals surface area contributed by atoms with Crippen molar-refractivity contribution in [3.8, 4) is 0 Å². The average molecular weight is 279 g/mol. The number of carbonyl (C=O) groups is 1. The van der Waals surface area contributed by atoms with Crippen molar-refractivity contribution in [2.24, 2.45) is 11.1 Å². The third-order valence-electron chi connectivity index (χ3n) is 5.60. The van der Waals surface area contributed by atoms with Crippen LogP contribution in [0.25, 0.3) is 0 Å². The molecule has 0 spiro atoms. The highest BCUT2D eigenvalue weighted by Crippen LogP contribution is 2.39. The van der Waals surface area contributed by atoms with Gasteiger partial charge in [0.05, 0.1) is 0 Å². The second-order valence-electron chi connectivity index (χ2n) is 7.09. The average Bonchev–Trinajstić information content (AvgIpc) is 3.33. The smallest absolute Gasteiger partial charge is 0.223 e. The normalized spacial score (nSPS) is 27.6. The predicted molar refractivity (Wildman–Crippen MR) is 80.4 cm³/mol. The Kier molecular flexibility index (Phi) is 4.32. The van der Waals surface area contributed by atoms with Crippen LogP contribution in [0, 0.1) is 5.41 Å². The van der Waals surface area contributed by atoms with E-state index in [0.29, 0.717) is 18.9 Å². The van der Waals surface area contributed by atoms with E-state index in [2.05, 4.69) is 9.80 Å². The van der Waals surface area contributed by atoms with Gasteiger partial charge >= 0.3 is 0 Å². The highest BCUT2D eigenvalue weighted by molar-refractivity contribution is 5.77. The molecule has 2 saturated carbocycles. The van der Waals surface area contributed by atoms with Crippen molar-refractivity contribution in [3.05, 3.63) is 0 Å². The molecule has 3 fully saturated rings. The lowest BCUT2D eigenvalue weighted by Crippen LogP contribution is -2.50. The molecule has 0 aromatic rings. The van der Waals surface area contributed by atoms with E-state index in [0.717, 1.165) is 45.1 Å². The third kappa shape index (κ3) is 3.17. The Hall–Kier alpha value is -0.610. The van der Waals surface area contributed by atoms with E-state index in [4.69, 9.17) is 5.73 Å². The van der Waals surface area contributed by atoms with E-state index in [1.165, 1.54) is 32.1 Å². The molecule has 4 nitrogen and oxygen atoms in total. The first-order valence-electron chi connectivity index (χ1n) is 8.44. The number of amides is 1. The Labute approximate surface area is 122 Å². The first kappa shape index (κ1) is 14.3. The molecule has 4 heteroatoms. The molecule has 114 valence electrons. The molecule has 1 amide bonds. The largest absolute Gasteiger partial charge is 0.340 e. The van der Waals surface area contributed by atoms with Gasteiger partial charge < -0.3 is 10.6 Å². The van der Waals surface area contributed by atoms with E-state index >= 15 is 0 Å². The molecule has 3 aliphatic rings. The van der Waals surface area contributed by atoms with Crippen LogP contribution in [0.3, 0.4) is 0 Å². The van der Waals surface area contributed by atoms with Gasteiger partial charge in [0.2, 0.25) is 5.91 Å². The number of hydrogen-bond donors (Lipinski definition) is 1. The third-order valence-corrected chi connectivity index (χ3v) is 5.60. The lowest BCUT2D eigenvalue weighted by atomic mass is 9.71. The molecule has 0 unspecified atom stereocenters. The van der Waals surface area contributed by atoms with Gasteiger partial charge in [-0.2, -0.15) is 0 Å². The van der Waals surface area contributed by atoms with E-state index in [1.54, 1.807) is 0 Å². The van der Waals surface area contributed by atoms with Gasteiger partial charge in [-0.05, 0) is 37.6 Å². The molecule has 1 heterocycles. The zero-order valence-electron chi connectivity index (χ0n) is 12.6. The highest BCUT2D eigenvalue weighted by atomic mass is 16.2. The van der Waals surface area contributed by atoms with Gasteiger partial charge in [-0.1, -0.05) is 19.3 Å². The molecule has 0 aromatic carbocycles. The number of rotatable bonds is 4. The zero-order chi connectivity index (χ0) is 14.0. The number of hydrogen-bond acceptors (Lipinski definition) is 3. The summed E-state index contributed by atoms with van der Waals surface area (Å²) in [4.78, 5) is 17.2. The fourth-order valence-corrected chi connectivity index (χ4v) is 3.96. The van der Waals surface area contributed by atoms with Crippen molar-refractivity contribution >= 4 is 5.91 Å². The highest BCUT2D eigenvalue weighted by Gasteiger charge is 2.36. The molecule has 2 aliphatic carbocycles. The van der Waals surface area contributed by atoms with E-state index < -0.39 is 0 Å². The maximum atomic E-state index is 12.6. The summed E-state index contributed by atoms with van der Waals surface area (Å²) in [6.07, 6.45) is 9.53. The van der Waals surface area contributed by atoms with Crippen LogP contribution in [0.4, 0.5) is 0 Å². The predicted octanol–water partition coefficient (Wildman–Crippen LogP) is 1.59. The summed E-state index contributed by atoms with van der Waals surface area (Å²) in [5, 5.41) is 0. The van der Waals surface area contributed by atoms with Crippen LogP contribution in [-0.2, 0) is 4.79 Å².